The molecule has 1 N–H and O–H groups in total. The zero-order valence-electron chi connectivity index (χ0n) is 14.7. The highest BCUT2D eigenvalue weighted by atomic mass is 16.2. The highest BCUT2D eigenvalue weighted by molar-refractivity contribution is 6.10. The number of benzene rings is 1. The molecular formula is C18H23N3O4. The van der Waals surface area contributed by atoms with E-state index in [2.05, 4.69) is 5.32 Å². The van der Waals surface area contributed by atoms with Crippen LogP contribution in [0.15, 0.2) is 24.3 Å². The van der Waals surface area contributed by atoms with Gasteiger partial charge in [-0.1, -0.05) is 0 Å². The Morgan fingerprint density at radius 3 is 2.08 bits per heavy atom. The predicted octanol–water partition coefficient (Wildman–Crippen LogP) is 1.15. The van der Waals surface area contributed by atoms with Crippen molar-refractivity contribution in [2.24, 2.45) is 5.41 Å². The number of amides is 3. The van der Waals surface area contributed by atoms with E-state index >= 15 is 0 Å². The number of nitrogens with zero attached hydrogens (tertiary/aromatic N) is 2. The van der Waals surface area contributed by atoms with Crippen LogP contribution in [0.2, 0.25) is 0 Å². The highest BCUT2D eigenvalue weighted by Gasteiger charge is 2.40. The third-order valence-electron chi connectivity index (χ3n) is 4.40. The van der Waals surface area contributed by atoms with Crippen LogP contribution in [0.5, 0.6) is 0 Å². The number of ketones is 1. The fourth-order valence-electron chi connectivity index (χ4n) is 2.60. The molecule has 0 aromatic heterocycles. The monoisotopic (exact) mass is 345 g/mol. The minimum absolute atomic E-state index is 0.0529. The van der Waals surface area contributed by atoms with Crippen molar-refractivity contribution in [1.29, 1.82) is 0 Å². The number of anilines is 1. The van der Waals surface area contributed by atoms with Crippen molar-refractivity contribution < 1.29 is 19.2 Å². The van der Waals surface area contributed by atoms with Crippen LogP contribution in [-0.4, -0.2) is 60.0 Å². The first-order chi connectivity index (χ1) is 11.8. The number of piperazine rings is 1. The van der Waals surface area contributed by atoms with Crippen molar-refractivity contribution in [3.63, 3.8) is 0 Å². The molecular weight excluding hydrogens is 322 g/mol. The summed E-state index contributed by atoms with van der Waals surface area (Å²) in [5.41, 5.74) is -0.147. The van der Waals surface area contributed by atoms with E-state index in [4.69, 9.17) is 0 Å². The molecule has 3 amide bonds. The molecule has 1 aliphatic rings. The lowest BCUT2D eigenvalue weighted by atomic mass is 9.89. The van der Waals surface area contributed by atoms with Crippen molar-refractivity contribution in [3.05, 3.63) is 29.8 Å². The molecule has 1 aromatic carbocycles. The second kappa shape index (κ2) is 7.46. The quantitative estimate of drug-likeness (QED) is 0.493. The zero-order chi connectivity index (χ0) is 18.6. The molecule has 25 heavy (non-hydrogen) atoms. The largest absolute Gasteiger partial charge is 0.342 e. The normalized spacial score (nSPS) is 14.8. The van der Waals surface area contributed by atoms with Gasteiger partial charge in [0.05, 0.1) is 0 Å². The molecule has 0 unspecified atom stereocenters. The Morgan fingerprint density at radius 1 is 1.04 bits per heavy atom. The third-order valence-corrected chi connectivity index (χ3v) is 4.40. The Labute approximate surface area is 147 Å². The van der Waals surface area contributed by atoms with Gasteiger partial charge in [0.2, 0.25) is 18.2 Å². The summed E-state index contributed by atoms with van der Waals surface area (Å²) in [4.78, 5) is 50.5. The van der Waals surface area contributed by atoms with Gasteiger partial charge in [0.25, 0.3) is 0 Å². The summed E-state index contributed by atoms with van der Waals surface area (Å²) in [7, 11) is 0. The van der Waals surface area contributed by atoms with Crippen LogP contribution in [-0.2, 0) is 14.4 Å². The second-order valence-electron chi connectivity index (χ2n) is 6.65. The highest BCUT2D eigenvalue weighted by Crippen LogP contribution is 2.23. The molecule has 1 aromatic rings. The first-order valence-electron chi connectivity index (χ1n) is 8.17. The van der Waals surface area contributed by atoms with Gasteiger partial charge >= 0.3 is 0 Å². The van der Waals surface area contributed by atoms with Gasteiger partial charge in [0.15, 0.2) is 5.78 Å². The molecule has 0 aliphatic carbocycles. The summed E-state index contributed by atoms with van der Waals surface area (Å²) in [6.07, 6.45) is 0.768. The lowest BCUT2D eigenvalue weighted by Gasteiger charge is -2.36. The molecule has 0 saturated carbocycles. The van der Waals surface area contributed by atoms with Crippen molar-refractivity contribution in [3.8, 4) is 0 Å². The minimum Gasteiger partial charge on any atom is -0.342 e. The van der Waals surface area contributed by atoms with Gasteiger partial charge in [0, 0.05) is 37.4 Å². The number of rotatable bonds is 5. The van der Waals surface area contributed by atoms with Gasteiger partial charge in [-0.25, -0.2) is 0 Å². The van der Waals surface area contributed by atoms with E-state index in [0.29, 0.717) is 37.4 Å². The SMILES string of the molecule is CC(=O)c1ccc(NC(=O)C(C)(C)C(=O)N2CCN(C=O)CC2)cc1. The van der Waals surface area contributed by atoms with Crippen LogP contribution in [0.4, 0.5) is 5.69 Å². The van der Waals surface area contributed by atoms with Crippen molar-refractivity contribution >= 4 is 29.7 Å². The Balaban J connectivity index is 2.02. The number of carbonyl (C=O) groups excluding carboxylic acids is 4. The number of carbonyl (C=O) groups is 4. The zero-order valence-corrected chi connectivity index (χ0v) is 14.7. The smallest absolute Gasteiger partial charge is 0.239 e. The standard InChI is InChI=1S/C18H23N3O4/c1-13(23)14-4-6-15(7-5-14)19-16(24)18(2,3)17(25)21-10-8-20(12-22)9-11-21/h4-7,12H,8-11H2,1-3H3,(H,19,24). The Bertz CT molecular complexity index is 674. The van der Waals surface area contributed by atoms with Gasteiger partial charge in [-0.05, 0) is 45.0 Å². The van der Waals surface area contributed by atoms with Gasteiger partial charge in [-0.3, -0.25) is 19.2 Å². The summed E-state index contributed by atoms with van der Waals surface area (Å²) >= 11 is 0. The molecule has 0 bridgehead atoms. The van der Waals surface area contributed by atoms with E-state index in [1.807, 2.05) is 0 Å². The molecule has 1 saturated heterocycles. The number of hydrogen-bond acceptors (Lipinski definition) is 4. The molecule has 0 radical (unpaired) electrons. The van der Waals surface area contributed by atoms with Crippen LogP contribution < -0.4 is 5.32 Å². The number of hydrogen-bond donors (Lipinski definition) is 1. The molecule has 0 spiro atoms. The first kappa shape index (κ1) is 18.6. The molecule has 7 heteroatoms. The van der Waals surface area contributed by atoms with Crippen molar-refractivity contribution in [2.75, 3.05) is 31.5 Å². The van der Waals surface area contributed by atoms with E-state index in [1.165, 1.54) is 6.92 Å². The van der Waals surface area contributed by atoms with E-state index < -0.39 is 11.3 Å². The molecule has 1 heterocycles. The van der Waals surface area contributed by atoms with Crippen LogP contribution in [0.3, 0.4) is 0 Å². The third kappa shape index (κ3) is 4.23. The van der Waals surface area contributed by atoms with E-state index in [1.54, 1.807) is 47.9 Å². The predicted molar refractivity (Wildman–Crippen MR) is 93.1 cm³/mol. The average Bonchev–Trinajstić information content (AvgIpc) is 2.61. The Kier molecular flexibility index (Phi) is 5.56. The fraction of sp³-hybridized carbons (Fsp3) is 0.444. The fourth-order valence-corrected chi connectivity index (χ4v) is 2.60. The summed E-state index contributed by atoms with van der Waals surface area (Å²) < 4.78 is 0. The van der Waals surface area contributed by atoms with Crippen molar-refractivity contribution in [1.82, 2.24) is 9.80 Å². The molecule has 1 fully saturated rings. The first-order valence-corrected chi connectivity index (χ1v) is 8.17. The maximum Gasteiger partial charge on any atom is 0.239 e. The van der Waals surface area contributed by atoms with Crippen molar-refractivity contribution in [2.45, 2.75) is 20.8 Å². The van der Waals surface area contributed by atoms with Gasteiger partial charge in [-0.2, -0.15) is 0 Å². The van der Waals surface area contributed by atoms with Gasteiger partial charge in [0.1, 0.15) is 5.41 Å². The number of Topliss-reactive ketones (excluding diaryl/α,β-unsaturated/α-hetero) is 1. The van der Waals surface area contributed by atoms with Crippen LogP contribution in [0.25, 0.3) is 0 Å². The van der Waals surface area contributed by atoms with Crippen LogP contribution in [0, 0.1) is 5.41 Å². The molecule has 134 valence electrons. The maximum absolute atomic E-state index is 12.7. The molecule has 2 rings (SSSR count). The van der Waals surface area contributed by atoms with Gasteiger partial charge in [-0.15, -0.1) is 0 Å². The van der Waals surface area contributed by atoms with E-state index in [9.17, 15) is 19.2 Å². The van der Waals surface area contributed by atoms with E-state index in [-0.39, 0.29) is 11.7 Å². The minimum atomic E-state index is -1.23. The Morgan fingerprint density at radius 2 is 1.60 bits per heavy atom. The molecule has 1 aliphatic heterocycles. The summed E-state index contributed by atoms with van der Waals surface area (Å²) in [6, 6.07) is 6.53. The molecule has 7 nitrogen and oxygen atoms in total. The topological polar surface area (TPSA) is 86.8 Å². The maximum atomic E-state index is 12.7. The second-order valence-corrected chi connectivity index (χ2v) is 6.65. The lowest BCUT2D eigenvalue weighted by Crippen LogP contribution is -2.54. The summed E-state index contributed by atoms with van der Waals surface area (Å²) in [5, 5.41) is 2.72. The van der Waals surface area contributed by atoms with Crippen LogP contribution in [0.1, 0.15) is 31.1 Å². The lowest BCUT2D eigenvalue weighted by molar-refractivity contribution is -0.148. The summed E-state index contributed by atoms with van der Waals surface area (Å²) in [5.74, 6) is -0.732. The Hall–Kier alpha value is -2.70. The summed E-state index contributed by atoms with van der Waals surface area (Å²) in [6.45, 7) is 6.42. The average molecular weight is 345 g/mol. The van der Waals surface area contributed by atoms with E-state index in [0.717, 1.165) is 6.41 Å². The van der Waals surface area contributed by atoms with Gasteiger partial charge < -0.3 is 15.1 Å². The molecule has 0 atom stereocenters. The number of nitrogens with one attached hydrogen (secondary N) is 1. The van der Waals surface area contributed by atoms with Crippen LogP contribution >= 0.6 is 0 Å².